The van der Waals surface area contributed by atoms with Crippen molar-refractivity contribution in [1.29, 1.82) is 0 Å². The van der Waals surface area contributed by atoms with Crippen molar-refractivity contribution < 1.29 is 4.74 Å². The van der Waals surface area contributed by atoms with Gasteiger partial charge in [-0.25, -0.2) is 0 Å². The molecule has 0 spiro atoms. The minimum atomic E-state index is 0.258. The number of halogens is 1. The summed E-state index contributed by atoms with van der Waals surface area (Å²) in [7, 11) is 1.72. The maximum absolute atomic E-state index is 5.18. The molecule has 0 amide bonds. The molecule has 0 saturated carbocycles. The molecule has 2 rings (SSSR count). The number of rotatable bonds is 9. The summed E-state index contributed by atoms with van der Waals surface area (Å²) in [5.41, 5.74) is 2.56. The van der Waals surface area contributed by atoms with Crippen LogP contribution in [0.3, 0.4) is 0 Å². The van der Waals surface area contributed by atoms with Crippen LogP contribution in [-0.4, -0.2) is 30.0 Å². The van der Waals surface area contributed by atoms with Gasteiger partial charge in [-0.3, -0.25) is 4.68 Å². The lowest BCUT2D eigenvalue weighted by Gasteiger charge is -2.20. The van der Waals surface area contributed by atoms with Gasteiger partial charge in [0.25, 0.3) is 0 Å². The van der Waals surface area contributed by atoms with Gasteiger partial charge in [-0.05, 0) is 57.7 Å². The first-order valence-corrected chi connectivity index (χ1v) is 8.94. The Bertz CT molecular complexity index is 527. The van der Waals surface area contributed by atoms with E-state index in [0.29, 0.717) is 6.61 Å². The monoisotopic (exact) mass is 371 g/mol. The number of hydrogen-bond acceptors (Lipinski definition) is 4. The van der Waals surface area contributed by atoms with E-state index >= 15 is 0 Å². The topological polar surface area (TPSA) is 39.1 Å². The third-order valence-corrected chi connectivity index (χ3v) is 4.67. The van der Waals surface area contributed by atoms with Crippen molar-refractivity contribution in [2.75, 3.05) is 20.3 Å². The largest absolute Gasteiger partial charge is 0.383 e. The Morgan fingerprint density at radius 3 is 3.05 bits per heavy atom. The second-order valence-corrected chi connectivity index (χ2v) is 6.57. The highest BCUT2D eigenvalue weighted by Gasteiger charge is 2.20. The quantitative estimate of drug-likeness (QED) is 0.731. The van der Waals surface area contributed by atoms with Crippen molar-refractivity contribution in [1.82, 2.24) is 15.1 Å². The fourth-order valence-electron chi connectivity index (χ4n) is 2.30. The summed E-state index contributed by atoms with van der Waals surface area (Å²) in [6.07, 6.45) is 3.96. The van der Waals surface area contributed by atoms with Crippen LogP contribution in [0.2, 0.25) is 0 Å². The molecule has 0 aromatic carbocycles. The van der Waals surface area contributed by atoms with Gasteiger partial charge in [0.2, 0.25) is 0 Å². The van der Waals surface area contributed by atoms with E-state index in [2.05, 4.69) is 50.1 Å². The van der Waals surface area contributed by atoms with E-state index in [9.17, 15) is 0 Å². The van der Waals surface area contributed by atoms with E-state index in [1.807, 2.05) is 10.9 Å². The van der Waals surface area contributed by atoms with Crippen molar-refractivity contribution in [2.45, 2.75) is 32.4 Å². The Labute approximate surface area is 138 Å². The van der Waals surface area contributed by atoms with Gasteiger partial charge in [0.1, 0.15) is 0 Å². The Morgan fingerprint density at radius 1 is 1.52 bits per heavy atom. The summed E-state index contributed by atoms with van der Waals surface area (Å²) in [4.78, 5) is 0. The molecule has 0 radical (unpaired) electrons. The summed E-state index contributed by atoms with van der Waals surface area (Å²) >= 11 is 5.39. The van der Waals surface area contributed by atoms with Crippen LogP contribution in [-0.2, 0) is 17.7 Å². The highest BCUT2D eigenvalue weighted by molar-refractivity contribution is 9.10. The predicted molar refractivity (Wildman–Crippen MR) is 90.9 cm³/mol. The Hall–Kier alpha value is -0.690. The van der Waals surface area contributed by atoms with Gasteiger partial charge in [0.05, 0.1) is 35.6 Å². The molecule has 2 aromatic heterocycles. The molecule has 4 nitrogen and oxygen atoms in total. The molecule has 0 aliphatic heterocycles. The highest BCUT2D eigenvalue weighted by Crippen LogP contribution is 2.27. The Kier molecular flexibility index (Phi) is 6.89. The van der Waals surface area contributed by atoms with Crippen molar-refractivity contribution >= 4 is 27.3 Å². The molecule has 2 heterocycles. The van der Waals surface area contributed by atoms with Gasteiger partial charge in [-0.15, -0.1) is 0 Å². The smallest absolute Gasteiger partial charge is 0.0700 e. The number of nitrogens with zero attached hydrogens (tertiary/aromatic N) is 2. The maximum atomic E-state index is 5.18. The van der Waals surface area contributed by atoms with E-state index in [0.717, 1.165) is 30.4 Å². The SMILES string of the molecule is CCCNC(Cc1ccsc1)c1c(Br)cnn1CCOC. The summed E-state index contributed by atoms with van der Waals surface area (Å²) in [5.74, 6) is 0. The summed E-state index contributed by atoms with van der Waals surface area (Å²) in [6.45, 7) is 4.62. The molecule has 0 aliphatic carbocycles. The maximum Gasteiger partial charge on any atom is 0.0700 e. The third kappa shape index (κ3) is 4.64. The van der Waals surface area contributed by atoms with Crippen molar-refractivity contribution in [2.24, 2.45) is 0 Å². The second-order valence-electron chi connectivity index (χ2n) is 4.94. The summed E-state index contributed by atoms with van der Waals surface area (Å²) in [5, 5.41) is 12.4. The molecule has 116 valence electrons. The minimum absolute atomic E-state index is 0.258. The molecule has 0 bridgehead atoms. The number of nitrogens with one attached hydrogen (secondary N) is 1. The Morgan fingerprint density at radius 2 is 2.38 bits per heavy atom. The number of ether oxygens (including phenoxy) is 1. The second kappa shape index (κ2) is 8.68. The van der Waals surface area contributed by atoms with Gasteiger partial charge in [0.15, 0.2) is 0 Å². The van der Waals surface area contributed by atoms with Crippen molar-refractivity contribution in [3.8, 4) is 0 Å². The molecule has 0 saturated heterocycles. The van der Waals surface area contributed by atoms with E-state index in [-0.39, 0.29) is 6.04 Å². The van der Waals surface area contributed by atoms with Crippen molar-refractivity contribution in [3.63, 3.8) is 0 Å². The van der Waals surface area contributed by atoms with Gasteiger partial charge in [-0.2, -0.15) is 16.4 Å². The van der Waals surface area contributed by atoms with Gasteiger partial charge in [-0.1, -0.05) is 6.92 Å². The van der Waals surface area contributed by atoms with Crippen LogP contribution in [0.1, 0.15) is 30.6 Å². The molecule has 1 atom stereocenters. The third-order valence-electron chi connectivity index (χ3n) is 3.33. The van der Waals surface area contributed by atoms with E-state index < -0.39 is 0 Å². The lowest BCUT2D eigenvalue weighted by Crippen LogP contribution is -2.27. The highest BCUT2D eigenvalue weighted by atomic mass is 79.9. The lowest BCUT2D eigenvalue weighted by atomic mass is 10.1. The number of hydrogen-bond donors (Lipinski definition) is 1. The number of thiophene rings is 1. The van der Waals surface area contributed by atoms with Gasteiger partial charge < -0.3 is 10.1 Å². The van der Waals surface area contributed by atoms with Crippen LogP contribution in [0.5, 0.6) is 0 Å². The molecule has 0 fully saturated rings. The number of aromatic nitrogens is 2. The van der Waals surface area contributed by atoms with Crippen LogP contribution >= 0.6 is 27.3 Å². The average molecular weight is 372 g/mol. The molecular weight excluding hydrogens is 350 g/mol. The standard InChI is InChI=1S/C15H22BrN3OS/c1-3-5-17-14(9-12-4-8-21-11-12)15-13(16)10-18-19(15)6-7-20-2/h4,8,10-11,14,17H,3,5-7,9H2,1-2H3. The zero-order valence-corrected chi connectivity index (χ0v) is 14.9. The molecular formula is C15H22BrN3OS. The average Bonchev–Trinajstić information content (AvgIpc) is 3.11. The van der Waals surface area contributed by atoms with Crippen LogP contribution in [0.15, 0.2) is 27.5 Å². The molecule has 1 N–H and O–H groups in total. The van der Waals surface area contributed by atoms with Crippen LogP contribution in [0.25, 0.3) is 0 Å². The molecule has 2 aromatic rings. The van der Waals surface area contributed by atoms with Crippen molar-refractivity contribution in [3.05, 3.63) is 38.8 Å². The first-order valence-electron chi connectivity index (χ1n) is 7.20. The molecule has 1 unspecified atom stereocenters. The lowest BCUT2D eigenvalue weighted by molar-refractivity contribution is 0.181. The zero-order valence-electron chi connectivity index (χ0n) is 12.5. The Balaban J connectivity index is 2.20. The minimum Gasteiger partial charge on any atom is -0.383 e. The first-order chi connectivity index (χ1) is 10.3. The number of methoxy groups -OCH3 is 1. The zero-order chi connectivity index (χ0) is 15.1. The molecule has 21 heavy (non-hydrogen) atoms. The summed E-state index contributed by atoms with van der Waals surface area (Å²) < 4.78 is 8.27. The summed E-state index contributed by atoms with van der Waals surface area (Å²) in [6, 6.07) is 2.45. The molecule has 6 heteroatoms. The predicted octanol–water partition coefficient (Wildman–Crippen LogP) is 3.64. The van der Waals surface area contributed by atoms with Crippen LogP contribution in [0.4, 0.5) is 0 Å². The van der Waals surface area contributed by atoms with E-state index in [1.54, 1.807) is 18.4 Å². The van der Waals surface area contributed by atoms with E-state index in [1.165, 1.54) is 11.3 Å². The fourth-order valence-corrected chi connectivity index (χ4v) is 3.56. The van der Waals surface area contributed by atoms with Crippen LogP contribution in [0, 0.1) is 0 Å². The first kappa shape index (κ1) is 16.7. The molecule has 0 aliphatic rings. The normalized spacial score (nSPS) is 12.7. The van der Waals surface area contributed by atoms with E-state index in [4.69, 9.17) is 4.74 Å². The van der Waals surface area contributed by atoms with Crippen LogP contribution < -0.4 is 5.32 Å². The van der Waals surface area contributed by atoms with Gasteiger partial charge >= 0.3 is 0 Å². The fraction of sp³-hybridized carbons (Fsp3) is 0.533. The van der Waals surface area contributed by atoms with Gasteiger partial charge in [0, 0.05) is 7.11 Å².